The number of carbonyl (C=O) groups is 1. The summed E-state index contributed by atoms with van der Waals surface area (Å²) in [5.41, 5.74) is -2.09. The minimum absolute atomic E-state index is 0.0358. The summed E-state index contributed by atoms with van der Waals surface area (Å²) in [4.78, 5) is 23.7. The van der Waals surface area contributed by atoms with Crippen LogP contribution in [-0.2, 0) is 0 Å². The molecule has 1 rings (SSSR count). The number of alkyl halides is 3. The van der Waals surface area contributed by atoms with E-state index in [0.29, 0.717) is 0 Å². The van der Waals surface area contributed by atoms with E-state index in [9.17, 15) is 22.8 Å². The van der Waals surface area contributed by atoms with Gasteiger partial charge in [-0.2, -0.15) is 0 Å². The molecule has 88 valence electrons. The molecule has 1 heterocycles. The van der Waals surface area contributed by atoms with Gasteiger partial charge in [0.25, 0.3) is 5.56 Å². The SMILES string of the molecule is Cc1c[nH]c(=O)c(OC(F)(F)F)c1C(=O)O. The van der Waals surface area contributed by atoms with Crippen molar-refractivity contribution in [3.63, 3.8) is 0 Å². The summed E-state index contributed by atoms with van der Waals surface area (Å²) in [7, 11) is 0. The van der Waals surface area contributed by atoms with E-state index in [4.69, 9.17) is 5.11 Å². The number of carboxylic acids is 1. The van der Waals surface area contributed by atoms with E-state index in [1.807, 2.05) is 4.98 Å². The maximum absolute atomic E-state index is 11.9. The van der Waals surface area contributed by atoms with Crippen LogP contribution >= 0.6 is 0 Å². The molecule has 0 bridgehead atoms. The third-order valence-electron chi connectivity index (χ3n) is 1.68. The molecule has 0 fully saturated rings. The summed E-state index contributed by atoms with van der Waals surface area (Å²) in [6.07, 6.45) is -4.12. The fraction of sp³-hybridized carbons (Fsp3) is 0.250. The molecule has 1 aromatic heterocycles. The van der Waals surface area contributed by atoms with E-state index < -0.39 is 29.2 Å². The molecule has 8 heteroatoms. The molecule has 1 aromatic rings. The number of aryl methyl sites for hydroxylation is 1. The largest absolute Gasteiger partial charge is 0.573 e. The Balaban J connectivity index is 3.41. The molecular formula is C8H6F3NO4. The highest BCUT2D eigenvalue weighted by molar-refractivity contribution is 5.92. The van der Waals surface area contributed by atoms with Crippen molar-refractivity contribution in [1.29, 1.82) is 0 Å². The lowest BCUT2D eigenvalue weighted by atomic mass is 10.1. The van der Waals surface area contributed by atoms with Crippen molar-refractivity contribution in [2.75, 3.05) is 0 Å². The molecule has 16 heavy (non-hydrogen) atoms. The summed E-state index contributed by atoms with van der Waals surface area (Å²) in [5.74, 6) is -2.93. The molecule has 0 aliphatic heterocycles. The van der Waals surface area contributed by atoms with Gasteiger partial charge in [-0.05, 0) is 12.5 Å². The Kier molecular flexibility index (Phi) is 2.92. The van der Waals surface area contributed by atoms with Crippen molar-refractivity contribution in [3.05, 3.63) is 27.7 Å². The van der Waals surface area contributed by atoms with Gasteiger partial charge in [-0.3, -0.25) is 4.79 Å². The van der Waals surface area contributed by atoms with Crippen molar-refractivity contribution < 1.29 is 27.8 Å². The van der Waals surface area contributed by atoms with E-state index in [0.717, 1.165) is 6.20 Å². The van der Waals surface area contributed by atoms with Crippen LogP contribution in [0.3, 0.4) is 0 Å². The van der Waals surface area contributed by atoms with Crippen LogP contribution in [0.1, 0.15) is 15.9 Å². The number of aromatic carboxylic acids is 1. The molecule has 5 nitrogen and oxygen atoms in total. The molecule has 0 amide bonds. The predicted octanol–water partition coefficient (Wildman–Crippen LogP) is 1.28. The van der Waals surface area contributed by atoms with Crippen LogP contribution in [0.15, 0.2) is 11.0 Å². The Labute approximate surface area is 86.5 Å². The van der Waals surface area contributed by atoms with Gasteiger partial charge in [0.05, 0.1) is 0 Å². The Bertz CT molecular complexity index is 477. The minimum atomic E-state index is -5.12. The van der Waals surface area contributed by atoms with Crippen LogP contribution < -0.4 is 10.3 Å². The van der Waals surface area contributed by atoms with E-state index >= 15 is 0 Å². The maximum atomic E-state index is 11.9. The smallest absolute Gasteiger partial charge is 0.478 e. The zero-order valence-electron chi connectivity index (χ0n) is 7.88. The van der Waals surface area contributed by atoms with Gasteiger partial charge in [-0.15, -0.1) is 13.2 Å². The number of hydrogen-bond acceptors (Lipinski definition) is 3. The number of ether oxygens (including phenoxy) is 1. The van der Waals surface area contributed by atoms with Gasteiger partial charge in [0.1, 0.15) is 5.56 Å². The van der Waals surface area contributed by atoms with Crippen molar-refractivity contribution >= 4 is 5.97 Å². The number of aromatic amines is 1. The molecule has 0 aliphatic carbocycles. The molecule has 0 atom stereocenters. The Hall–Kier alpha value is -1.99. The zero-order valence-corrected chi connectivity index (χ0v) is 7.88. The second-order valence-electron chi connectivity index (χ2n) is 2.86. The first-order chi connectivity index (χ1) is 7.22. The van der Waals surface area contributed by atoms with Gasteiger partial charge < -0.3 is 14.8 Å². The van der Waals surface area contributed by atoms with E-state index in [-0.39, 0.29) is 5.56 Å². The summed E-state index contributed by atoms with van der Waals surface area (Å²) in [6.45, 7) is 1.24. The molecule has 0 radical (unpaired) electrons. The van der Waals surface area contributed by atoms with Crippen LogP contribution in [0.25, 0.3) is 0 Å². The number of aromatic nitrogens is 1. The van der Waals surface area contributed by atoms with E-state index in [2.05, 4.69) is 4.74 Å². The minimum Gasteiger partial charge on any atom is -0.478 e. The van der Waals surface area contributed by atoms with Crippen LogP contribution in [0, 0.1) is 6.92 Å². The first kappa shape index (κ1) is 12.1. The van der Waals surface area contributed by atoms with Crippen molar-refractivity contribution in [1.82, 2.24) is 4.98 Å². The van der Waals surface area contributed by atoms with Gasteiger partial charge in [-0.25, -0.2) is 4.79 Å². The lowest BCUT2D eigenvalue weighted by molar-refractivity contribution is -0.275. The fourth-order valence-electron chi connectivity index (χ4n) is 1.08. The molecule has 0 saturated heterocycles. The molecule has 0 spiro atoms. The monoisotopic (exact) mass is 237 g/mol. The normalized spacial score (nSPS) is 11.2. The number of rotatable bonds is 2. The van der Waals surface area contributed by atoms with Gasteiger partial charge >= 0.3 is 12.3 Å². The van der Waals surface area contributed by atoms with Crippen molar-refractivity contribution in [3.8, 4) is 5.75 Å². The van der Waals surface area contributed by atoms with E-state index in [1.165, 1.54) is 6.92 Å². The van der Waals surface area contributed by atoms with Crippen LogP contribution in [0.4, 0.5) is 13.2 Å². The summed E-state index contributed by atoms with van der Waals surface area (Å²) < 4.78 is 39.2. The zero-order chi connectivity index (χ0) is 12.5. The third-order valence-corrected chi connectivity index (χ3v) is 1.68. The maximum Gasteiger partial charge on any atom is 0.573 e. The number of pyridine rings is 1. The second-order valence-corrected chi connectivity index (χ2v) is 2.86. The van der Waals surface area contributed by atoms with Gasteiger partial charge in [-0.1, -0.05) is 0 Å². The highest BCUT2D eigenvalue weighted by Gasteiger charge is 2.35. The standard InChI is InChI=1S/C8H6F3NO4/c1-3-2-12-6(13)5(4(3)7(14)15)16-8(9,10)11/h2H,1H3,(H,12,13)(H,14,15). The quantitative estimate of drug-likeness (QED) is 0.811. The number of carboxylic acid groups (broad SMARTS) is 1. The first-order valence-corrected chi connectivity index (χ1v) is 3.93. The lowest BCUT2D eigenvalue weighted by Crippen LogP contribution is -2.25. The molecule has 0 saturated carbocycles. The molecule has 0 aliphatic rings. The predicted molar refractivity (Wildman–Crippen MR) is 45.4 cm³/mol. The van der Waals surface area contributed by atoms with E-state index in [1.54, 1.807) is 0 Å². The van der Waals surface area contributed by atoms with Crippen molar-refractivity contribution in [2.24, 2.45) is 0 Å². The second kappa shape index (κ2) is 3.87. The van der Waals surface area contributed by atoms with Crippen LogP contribution in [0.2, 0.25) is 0 Å². The molecule has 0 aromatic carbocycles. The van der Waals surface area contributed by atoms with Crippen LogP contribution in [0.5, 0.6) is 5.75 Å². The fourth-order valence-corrected chi connectivity index (χ4v) is 1.08. The van der Waals surface area contributed by atoms with Crippen molar-refractivity contribution in [2.45, 2.75) is 13.3 Å². The van der Waals surface area contributed by atoms with Gasteiger partial charge in [0.2, 0.25) is 5.75 Å². The van der Waals surface area contributed by atoms with Crippen LogP contribution in [-0.4, -0.2) is 22.4 Å². The van der Waals surface area contributed by atoms with Gasteiger partial charge in [0, 0.05) is 6.20 Å². The number of H-pyrrole nitrogens is 1. The summed E-state index contributed by atoms with van der Waals surface area (Å²) >= 11 is 0. The Morgan fingerprint density at radius 3 is 2.50 bits per heavy atom. The third kappa shape index (κ3) is 2.53. The Morgan fingerprint density at radius 2 is 2.06 bits per heavy atom. The number of nitrogens with one attached hydrogen (secondary N) is 1. The number of hydrogen-bond donors (Lipinski definition) is 2. The Morgan fingerprint density at radius 1 is 1.50 bits per heavy atom. The first-order valence-electron chi connectivity index (χ1n) is 3.93. The molecule has 0 unspecified atom stereocenters. The highest BCUT2D eigenvalue weighted by Crippen LogP contribution is 2.24. The average molecular weight is 237 g/mol. The molecule has 2 N–H and O–H groups in total. The number of halogens is 3. The van der Waals surface area contributed by atoms with Gasteiger partial charge in [0.15, 0.2) is 0 Å². The topological polar surface area (TPSA) is 79.4 Å². The highest BCUT2D eigenvalue weighted by atomic mass is 19.4. The molecular weight excluding hydrogens is 231 g/mol. The average Bonchev–Trinajstić information content (AvgIpc) is 2.08. The summed E-state index contributed by atoms with van der Waals surface area (Å²) in [6, 6.07) is 0. The summed E-state index contributed by atoms with van der Waals surface area (Å²) in [5, 5.41) is 8.67. The lowest BCUT2D eigenvalue weighted by Gasteiger charge is -2.11.